The Hall–Kier alpha value is -0.890. The summed E-state index contributed by atoms with van der Waals surface area (Å²) < 4.78 is 13.2. The molecule has 16 heavy (non-hydrogen) atoms. The highest BCUT2D eigenvalue weighted by atomic mass is 19.1. The summed E-state index contributed by atoms with van der Waals surface area (Å²) in [5.74, 6) is 0.670. The molecule has 0 amide bonds. The first-order valence-electron chi connectivity index (χ1n) is 6.14. The van der Waals surface area contributed by atoms with Gasteiger partial charge in [-0.2, -0.15) is 0 Å². The van der Waals surface area contributed by atoms with Crippen molar-refractivity contribution in [1.29, 1.82) is 0 Å². The summed E-state index contributed by atoms with van der Waals surface area (Å²) in [5, 5.41) is 3.28. The van der Waals surface area contributed by atoms with Crippen molar-refractivity contribution in [3.63, 3.8) is 0 Å². The summed E-state index contributed by atoms with van der Waals surface area (Å²) in [5.41, 5.74) is 0.756. The Bertz CT molecular complexity index is 297. The molecule has 0 aromatic heterocycles. The van der Waals surface area contributed by atoms with Crippen molar-refractivity contribution in [3.05, 3.63) is 35.6 Å². The number of unbranched alkanes of at least 4 members (excludes halogenated alkanes) is 1. The minimum atomic E-state index is -0.114. The lowest BCUT2D eigenvalue weighted by molar-refractivity contribution is 0.516. The number of hydrogen-bond donors (Lipinski definition) is 1. The van der Waals surface area contributed by atoms with E-state index in [0.29, 0.717) is 6.54 Å². The summed E-state index contributed by atoms with van der Waals surface area (Å²) in [6.45, 7) is 6.09. The highest BCUT2D eigenvalue weighted by Gasteiger charge is 1.99. The second kappa shape index (κ2) is 7.39. The van der Waals surface area contributed by atoms with Gasteiger partial charge in [-0.25, -0.2) is 4.39 Å². The molecule has 0 aliphatic rings. The highest BCUT2D eigenvalue weighted by Crippen LogP contribution is 2.07. The lowest BCUT2D eigenvalue weighted by Crippen LogP contribution is -2.15. The third-order valence-corrected chi connectivity index (χ3v) is 2.66. The van der Waals surface area contributed by atoms with E-state index in [1.807, 2.05) is 12.1 Å². The molecule has 0 aliphatic heterocycles. The van der Waals surface area contributed by atoms with Gasteiger partial charge in [0.25, 0.3) is 0 Å². The summed E-state index contributed by atoms with van der Waals surface area (Å²) >= 11 is 0. The van der Waals surface area contributed by atoms with Crippen molar-refractivity contribution in [2.24, 2.45) is 5.92 Å². The monoisotopic (exact) mass is 223 g/mol. The lowest BCUT2D eigenvalue weighted by Gasteiger charge is -2.07. The van der Waals surface area contributed by atoms with E-state index in [1.165, 1.54) is 25.3 Å². The third kappa shape index (κ3) is 5.26. The topological polar surface area (TPSA) is 12.0 Å². The summed E-state index contributed by atoms with van der Waals surface area (Å²) in [6.07, 6.45) is 3.70. The van der Waals surface area contributed by atoms with Gasteiger partial charge >= 0.3 is 0 Å². The maximum Gasteiger partial charge on any atom is 0.127 e. The van der Waals surface area contributed by atoms with Crippen LogP contribution in [0.4, 0.5) is 4.39 Å². The molecule has 0 heterocycles. The van der Waals surface area contributed by atoms with E-state index < -0.39 is 0 Å². The Labute approximate surface area is 98.1 Å². The fourth-order valence-electron chi connectivity index (χ4n) is 1.67. The molecule has 1 aromatic carbocycles. The number of nitrogens with one attached hydrogen (secondary N) is 1. The Balaban J connectivity index is 2.10. The molecule has 0 radical (unpaired) electrons. The molecule has 1 rings (SSSR count). The normalized spacial score (nSPS) is 11.0. The van der Waals surface area contributed by atoms with Gasteiger partial charge in [-0.05, 0) is 24.9 Å². The minimum Gasteiger partial charge on any atom is -0.313 e. The molecule has 90 valence electrons. The Morgan fingerprint density at radius 1 is 1.19 bits per heavy atom. The summed E-state index contributed by atoms with van der Waals surface area (Å²) in [7, 11) is 0. The van der Waals surface area contributed by atoms with Crippen LogP contribution in [0.15, 0.2) is 24.3 Å². The van der Waals surface area contributed by atoms with Gasteiger partial charge in [-0.3, -0.25) is 0 Å². The fourth-order valence-corrected chi connectivity index (χ4v) is 1.67. The van der Waals surface area contributed by atoms with Crippen LogP contribution < -0.4 is 5.32 Å². The van der Waals surface area contributed by atoms with Crippen molar-refractivity contribution in [2.45, 2.75) is 39.7 Å². The van der Waals surface area contributed by atoms with Gasteiger partial charge in [0, 0.05) is 12.1 Å². The maximum atomic E-state index is 13.2. The van der Waals surface area contributed by atoms with Crippen LogP contribution in [0.1, 0.15) is 38.7 Å². The molecule has 0 saturated carbocycles. The average molecular weight is 223 g/mol. The van der Waals surface area contributed by atoms with E-state index in [-0.39, 0.29) is 5.82 Å². The van der Waals surface area contributed by atoms with Crippen molar-refractivity contribution < 1.29 is 4.39 Å². The van der Waals surface area contributed by atoms with Gasteiger partial charge < -0.3 is 5.32 Å². The van der Waals surface area contributed by atoms with Crippen LogP contribution in [0, 0.1) is 11.7 Å². The third-order valence-electron chi connectivity index (χ3n) is 2.66. The Kier molecular flexibility index (Phi) is 6.09. The van der Waals surface area contributed by atoms with Crippen LogP contribution in [0.5, 0.6) is 0 Å². The van der Waals surface area contributed by atoms with E-state index in [4.69, 9.17) is 0 Å². The fraction of sp³-hybridized carbons (Fsp3) is 0.571. The SMILES string of the molecule is CC(C)CCCCNCc1ccccc1F. The van der Waals surface area contributed by atoms with E-state index in [0.717, 1.165) is 18.0 Å². The van der Waals surface area contributed by atoms with E-state index in [1.54, 1.807) is 6.07 Å². The largest absolute Gasteiger partial charge is 0.313 e. The van der Waals surface area contributed by atoms with Crippen LogP contribution >= 0.6 is 0 Å². The number of halogens is 1. The summed E-state index contributed by atoms with van der Waals surface area (Å²) in [6, 6.07) is 6.94. The predicted molar refractivity (Wildman–Crippen MR) is 66.8 cm³/mol. The van der Waals surface area contributed by atoms with Gasteiger partial charge in [0.1, 0.15) is 5.82 Å². The molecule has 0 aliphatic carbocycles. The van der Waals surface area contributed by atoms with Gasteiger partial charge in [-0.15, -0.1) is 0 Å². The molecule has 2 heteroatoms. The maximum absolute atomic E-state index is 13.2. The van der Waals surface area contributed by atoms with Crippen LogP contribution in [0.3, 0.4) is 0 Å². The Morgan fingerprint density at radius 3 is 2.62 bits per heavy atom. The number of benzene rings is 1. The molecule has 0 fully saturated rings. The standard InChI is InChI=1S/C14H22FN/c1-12(2)7-5-6-10-16-11-13-8-3-4-9-14(13)15/h3-4,8-9,12,16H,5-7,10-11H2,1-2H3. The van der Waals surface area contributed by atoms with Gasteiger partial charge in [0.2, 0.25) is 0 Å². The molecule has 0 spiro atoms. The minimum absolute atomic E-state index is 0.114. The van der Waals surface area contributed by atoms with Crippen LogP contribution in [0.2, 0.25) is 0 Å². The van der Waals surface area contributed by atoms with Crippen molar-refractivity contribution in [1.82, 2.24) is 5.32 Å². The smallest absolute Gasteiger partial charge is 0.127 e. The number of hydrogen-bond acceptors (Lipinski definition) is 1. The lowest BCUT2D eigenvalue weighted by atomic mass is 10.1. The molecule has 0 saturated heterocycles. The average Bonchev–Trinajstić information content (AvgIpc) is 2.25. The van der Waals surface area contributed by atoms with Crippen LogP contribution in [0.25, 0.3) is 0 Å². The van der Waals surface area contributed by atoms with Gasteiger partial charge in [0.05, 0.1) is 0 Å². The molecule has 0 bridgehead atoms. The Morgan fingerprint density at radius 2 is 1.94 bits per heavy atom. The molecule has 0 atom stereocenters. The zero-order valence-corrected chi connectivity index (χ0v) is 10.3. The second-order valence-corrected chi connectivity index (χ2v) is 4.66. The quantitative estimate of drug-likeness (QED) is 0.694. The zero-order valence-electron chi connectivity index (χ0n) is 10.3. The zero-order chi connectivity index (χ0) is 11.8. The van der Waals surface area contributed by atoms with Crippen LogP contribution in [-0.2, 0) is 6.54 Å². The first-order chi connectivity index (χ1) is 7.70. The number of rotatable bonds is 7. The van der Waals surface area contributed by atoms with E-state index >= 15 is 0 Å². The van der Waals surface area contributed by atoms with Gasteiger partial charge in [-0.1, -0.05) is 44.9 Å². The van der Waals surface area contributed by atoms with Crippen molar-refractivity contribution in [2.75, 3.05) is 6.54 Å². The molecule has 0 unspecified atom stereocenters. The van der Waals surface area contributed by atoms with Crippen molar-refractivity contribution >= 4 is 0 Å². The second-order valence-electron chi connectivity index (χ2n) is 4.66. The molecule has 1 N–H and O–H groups in total. The molecule has 1 aromatic rings. The van der Waals surface area contributed by atoms with E-state index in [9.17, 15) is 4.39 Å². The molecule has 1 nitrogen and oxygen atoms in total. The molecular weight excluding hydrogens is 201 g/mol. The summed E-state index contributed by atoms with van der Waals surface area (Å²) in [4.78, 5) is 0. The first-order valence-corrected chi connectivity index (χ1v) is 6.14. The first kappa shape index (κ1) is 13.2. The van der Waals surface area contributed by atoms with Crippen LogP contribution in [-0.4, -0.2) is 6.54 Å². The predicted octanol–water partition coefficient (Wildman–Crippen LogP) is 3.74. The van der Waals surface area contributed by atoms with Crippen molar-refractivity contribution in [3.8, 4) is 0 Å². The van der Waals surface area contributed by atoms with Gasteiger partial charge in [0.15, 0.2) is 0 Å². The molecular formula is C14H22FN. The van der Waals surface area contributed by atoms with E-state index in [2.05, 4.69) is 19.2 Å². The highest BCUT2D eigenvalue weighted by molar-refractivity contribution is 5.16.